The Morgan fingerprint density at radius 2 is 1.70 bits per heavy atom. The van der Waals surface area contributed by atoms with Crippen molar-refractivity contribution in [2.45, 2.75) is 32.3 Å². The van der Waals surface area contributed by atoms with Gasteiger partial charge >= 0.3 is 5.97 Å². The summed E-state index contributed by atoms with van der Waals surface area (Å²) in [5.74, 6) is 6.32. The number of aliphatic carboxylic acids is 1. The van der Waals surface area contributed by atoms with Crippen LogP contribution in [0.15, 0.2) is 66.7 Å². The first-order chi connectivity index (χ1) is 13.2. The number of rotatable bonds is 7. The van der Waals surface area contributed by atoms with Crippen LogP contribution in [-0.4, -0.2) is 11.1 Å². The van der Waals surface area contributed by atoms with Crippen molar-refractivity contribution >= 4 is 16.7 Å². The first-order valence-corrected chi connectivity index (χ1v) is 9.09. The van der Waals surface area contributed by atoms with Crippen molar-refractivity contribution in [2.75, 3.05) is 0 Å². The minimum atomic E-state index is -0.775. The average Bonchev–Trinajstić information content (AvgIpc) is 2.70. The third-order valence-corrected chi connectivity index (χ3v) is 4.28. The van der Waals surface area contributed by atoms with Crippen LogP contribution < -0.4 is 4.74 Å². The fourth-order valence-corrected chi connectivity index (χ4v) is 2.90. The van der Waals surface area contributed by atoms with E-state index < -0.39 is 5.97 Å². The highest BCUT2D eigenvalue weighted by atomic mass is 16.5. The van der Waals surface area contributed by atoms with E-state index in [-0.39, 0.29) is 6.42 Å². The van der Waals surface area contributed by atoms with Gasteiger partial charge in [-0.2, -0.15) is 0 Å². The fraction of sp³-hybridized carbons (Fsp3) is 0.208. The lowest BCUT2D eigenvalue weighted by molar-refractivity contribution is -0.137. The molecule has 0 aromatic heterocycles. The zero-order chi connectivity index (χ0) is 18.9. The first-order valence-electron chi connectivity index (χ1n) is 9.09. The van der Waals surface area contributed by atoms with Crippen LogP contribution in [0, 0.1) is 11.8 Å². The maximum Gasteiger partial charge on any atom is 0.303 e. The van der Waals surface area contributed by atoms with Crippen molar-refractivity contribution in [3.05, 3.63) is 77.9 Å². The quantitative estimate of drug-likeness (QED) is 0.465. The molecule has 0 radical (unpaired) electrons. The first kappa shape index (κ1) is 18.5. The molecule has 3 heteroatoms. The number of hydrogen-bond donors (Lipinski definition) is 1. The Hall–Kier alpha value is -3.25. The van der Waals surface area contributed by atoms with Crippen LogP contribution in [0.2, 0.25) is 0 Å². The molecule has 0 fully saturated rings. The zero-order valence-corrected chi connectivity index (χ0v) is 15.2. The van der Waals surface area contributed by atoms with Gasteiger partial charge in [-0.3, -0.25) is 4.79 Å². The molecule has 3 aromatic carbocycles. The number of benzene rings is 3. The number of carbonyl (C=O) groups is 1. The summed E-state index contributed by atoms with van der Waals surface area (Å²) in [6.07, 6.45) is 1.93. The van der Waals surface area contributed by atoms with Crippen LogP contribution in [0.25, 0.3) is 10.8 Å². The molecule has 0 heterocycles. The van der Waals surface area contributed by atoms with Gasteiger partial charge in [-0.1, -0.05) is 72.7 Å². The maximum absolute atomic E-state index is 10.5. The Kier molecular flexibility index (Phi) is 6.49. The van der Waals surface area contributed by atoms with Crippen molar-refractivity contribution < 1.29 is 14.6 Å². The van der Waals surface area contributed by atoms with E-state index in [1.54, 1.807) is 0 Å². The summed E-state index contributed by atoms with van der Waals surface area (Å²) in [5, 5.41) is 10.9. The number of fused-ring (bicyclic) bond motifs is 1. The number of carboxylic acid groups (broad SMARTS) is 1. The predicted octanol–water partition coefficient (Wildman–Crippen LogP) is 5.22. The second-order valence-corrected chi connectivity index (χ2v) is 6.33. The van der Waals surface area contributed by atoms with Crippen LogP contribution in [0.1, 0.15) is 30.4 Å². The van der Waals surface area contributed by atoms with Gasteiger partial charge in [0.15, 0.2) is 0 Å². The number of ether oxygens (including phenoxy) is 1. The highest BCUT2D eigenvalue weighted by molar-refractivity contribution is 5.89. The Morgan fingerprint density at radius 3 is 2.52 bits per heavy atom. The summed E-state index contributed by atoms with van der Waals surface area (Å²) in [6.45, 7) is 0.508. The molecule has 0 saturated heterocycles. The van der Waals surface area contributed by atoms with E-state index >= 15 is 0 Å². The largest absolute Gasteiger partial charge is 0.488 e. The summed E-state index contributed by atoms with van der Waals surface area (Å²) >= 11 is 0. The molecule has 0 atom stereocenters. The fourth-order valence-electron chi connectivity index (χ4n) is 2.90. The molecular formula is C24H22O3. The predicted molar refractivity (Wildman–Crippen MR) is 108 cm³/mol. The van der Waals surface area contributed by atoms with Crippen LogP contribution >= 0.6 is 0 Å². The SMILES string of the molecule is O=C(O)CCCC#CCc1ccc2ccccc2c1OCc1ccccc1. The maximum atomic E-state index is 10.5. The van der Waals surface area contributed by atoms with E-state index in [0.29, 0.717) is 25.9 Å². The lowest BCUT2D eigenvalue weighted by atomic mass is 10.0. The number of unbranched alkanes of at least 4 members (excludes halogenated alkanes) is 1. The van der Waals surface area contributed by atoms with E-state index in [0.717, 1.165) is 27.6 Å². The summed E-state index contributed by atoms with van der Waals surface area (Å²) < 4.78 is 6.20. The number of hydrogen-bond acceptors (Lipinski definition) is 2. The van der Waals surface area contributed by atoms with Crippen molar-refractivity contribution in [1.82, 2.24) is 0 Å². The third-order valence-electron chi connectivity index (χ3n) is 4.28. The van der Waals surface area contributed by atoms with Crippen molar-refractivity contribution in [2.24, 2.45) is 0 Å². The van der Waals surface area contributed by atoms with E-state index in [1.165, 1.54) is 0 Å². The molecule has 0 aliphatic heterocycles. The number of carboxylic acids is 1. The summed E-state index contributed by atoms with van der Waals surface area (Å²) in [4.78, 5) is 10.5. The topological polar surface area (TPSA) is 46.5 Å². The summed E-state index contributed by atoms with van der Waals surface area (Å²) in [6, 6.07) is 22.4. The molecule has 0 aliphatic carbocycles. The van der Waals surface area contributed by atoms with Gasteiger partial charge in [0, 0.05) is 30.2 Å². The molecule has 3 rings (SSSR count). The third kappa shape index (κ3) is 5.36. The lowest BCUT2D eigenvalue weighted by Gasteiger charge is -2.13. The summed E-state index contributed by atoms with van der Waals surface area (Å²) in [5.41, 5.74) is 2.17. The van der Waals surface area contributed by atoms with Gasteiger partial charge < -0.3 is 9.84 Å². The second kappa shape index (κ2) is 9.45. The average molecular weight is 358 g/mol. The smallest absolute Gasteiger partial charge is 0.303 e. The minimum absolute atomic E-state index is 0.163. The molecule has 1 N–H and O–H groups in total. The van der Waals surface area contributed by atoms with Crippen LogP contribution in [0.5, 0.6) is 5.75 Å². The molecule has 136 valence electrons. The molecule has 0 amide bonds. The Morgan fingerprint density at radius 1 is 0.926 bits per heavy atom. The lowest BCUT2D eigenvalue weighted by Crippen LogP contribution is -1.99. The Labute approximate surface area is 159 Å². The molecule has 3 aromatic rings. The van der Waals surface area contributed by atoms with Gasteiger partial charge in [0.05, 0.1) is 0 Å². The van der Waals surface area contributed by atoms with E-state index in [4.69, 9.17) is 9.84 Å². The molecule has 0 aliphatic rings. The zero-order valence-electron chi connectivity index (χ0n) is 15.2. The second-order valence-electron chi connectivity index (χ2n) is 6.33. The van der Waals surface area contributed by atoms with Gasteiger partial charge in [-0.05, 0) is 17.4 Å². The van der Waals surface area contributed by atoms with Crippen LogP contribution in [0.4, 0.5) is 0 Å². The molecule has 3 nitrogen and oxygen atoms in total. The highest BCUT2D eigenvalue weighted by Crippen LogP contribution is 2.31. The van der Waals surface area contributed by atoms with Gasteiger partial charge in [0.2, 0.25) is 0 Å². The van der Waals surface area contributed by atoms with Gasteiger partial charge in [-0.25, -0.2) is 0 Å². The van der Waals surface area contributed by atoms with E-state index in [2.05, 4.69) is 36.1 Å². The molecule has 0 saturated carbocycles. The van der Waals surface area contributed by atoms with E-state index in [9.17, 15) is 4.79 Å². The minimum Gasteiger partial charge on any atom is -0.488 e. The normalized spacial score (nSPS) is 10.2. The molecule has 0 unspecified atom stereocenters. The monoisotopic (exact) mass is 358 g/mol. The van der Waals surface area contributed by atoms with Crippen molar-refractivity contribution in [3.8, 4) is 17.6 Å². The van der Waals surface area contributed by atoms with Crippen molar-refractivity contribution in [3.63, 3.8) is 0 Å². The van der Waals surface area contributed by atoms with Gasteiger partial charge in [0.1, 0.15) is 12.4 Å². The van der Waals surface area contributed by atoms with E-state index in [1.807, 2.05) is 42.5 Å². The van der Waals surface area contributed by atoms with Gasteiger partial charge in [0.25, 0.3) is 0 Å². The van der Waals surface area contributed by atoms with Crippen molar-refractivity contribution in [1.29, 1.82) is 0 Å². The summed E-state index contributed by atoms with van der Waals surface area (Å²) in [7, 11) is 0. The van der Waals surface area contributed by atoms with Gasteiger partial charge in [-0.15, -0.1) is 5.92 Å². The standard InChI is InChI=1S/C24H22O3/c25-23(26)15-7-2-1-6-13-21-17-16-20-12-8-9-14-22(20)24(21)27-18-19-10-4-3-5-11-19/h3-5,8-12,14,16-17H,2,7,13,15,18H2,(H,25,26). The molecular weight excluding hydrogens is 336 g/mol. The highest BCUT2D eigenvalue weighted by Gasteiger charge is 2.08. The molecule has 27 heavy (non-hydrogen) atoms. The Balaban J connectivity index is 1.77. The molecule has 0 bridgehead atoms. The van der Waals surface area contributed by atoms with Crippen LogP contribution in [-0.2, 0) is 17.8 Å². The van der Waals surface area contributed by atoms with Crippen LogP contribution in [0.3, 0.4) is 0 Å². The molecule has 0 spiro atoms. The Bertz CT molecular complexity index is 965.